The maximum absolute atomic E-state index is 13.6. The SMILES string of the molecule is Cc1ccc([C@@H]2c3cc(OCC(=O)NC[C@H]4CCCO4)ccc3CCN2C(=O)C2CCCC2)cc1. The van der Waals surface area contributed by atoms with Gasteiger partial charge in [0.1, 0.15) is 5.75 Å². The molecule has 1 N–H and O–H groups in total. The first-order valence-electron chi connectivity index (χ1n) is 13.1. The predicted molar refractivity (Wildman–Crippen MR) is 134 cm³/mol. The largest absolute Gasteiger partial charge is 0.484 e. The maximum Gasteiger partial charge on any atom is 0.258 e. The van der Waals surface area contributed by atoms with Crippen LogP contribution in [0.4, 0.5) is 0 Å². The van der Waals surface area contributed by atoms with Crippen LogP contribution in [0.1, 0.15) is 66.8 Å². The molecule has 0 unspecified atom stereocenters. The van der Waals surface area contributed by atoms with Gasteiger partial charge in [0.05, 0.1) is 12.1 Å². The molecule has 2 atom stereocenters. The van der Waals surface area contributed by atoms with Gasteiger partial charge in [-0.3, -0.25) is 9.59 Å². The van der Waals surface area contributed by atoms with Gasteiger partial charge < -0.3 is 19.7 Å². The number of hydrogen-bond donors (Lipinski definition) is 1. The fourth-order valence-electron chi connectivity index (χ4n) is 5.67. The number of benzene rings is 2. The molecule has 1 saturated heterocycles. The summed E-state index contributed by atoms with van der Waals surface area (Å²) >= 11 is 0. The van der Waals surface area contributed by atoms with Crippen molar-refractivity contribution >= 4 is 11.8 Å². The fraction of sp³-hybridized carbons (Fsp3) is 0.517. The van der Waals surface area contributed by atoms with Crippen LogP contribution in [0.5, 0.6) is 5.75 Å². The molecule has 35 heavy (non-hydrogen) atoms. The summed E-state index contributed by atoms with van der Waals surface area (Å²) in [6.07, 6.45) is 7.25. The van der Waals surface area contributed by atoms with Crippen molar-refractivity contribution in [1.82, 2.24) is 10.2 Å². The minimum Gasteiger partial charge on any atom is -0.484 e. The van der Waals surface area contributed by atoms with Crippen molar-refractivity contribution < 1.29 is 19.1 Å². The van der Waals surface area contributed by atoms with Crippen molar-refractivity contribution in [3.05, 3.63) is 64.7 Å². The van der Waals surface area contributed by atoms with Crippen molar-refractivity contribution in [3.63, 3.8) is 0 Å². The third-order valence-corrected chi connectivity index (χ3v) is 7.65. The lowest BCUT2D eigenvalue weighted by Crippen LogP contribution is -2.43. The molecule has 2 aromatic carbocycles. The van der Waals surface area contributed by atoms with Crippen LogP contribution < -0.4 is 10.1 Å². The molecule has 2 aromatic rings. The van der Waals surface area contributed by atoms with E-state index < -0.39 is 0 Å². The Bertz CT molecular complexity index is 1040. The van der Waals surface area contributed by atoms with E-state index >= 15 is 0 Å². The normalized spacial score (nSPS) is 22.1. The number of amides is 2. The summed E-state index contributed by atoms with van der Waals surface area (Å²) in [6.45, 7) is 4.07. The molecule has 1 saturated carbocycles. The van der Waals surface area contributed by atoms with E-state index in [1.54, 1.807) is 0 Å². The van der Waals surface area contributed by atoms with E-state index in [0.29, 0.717) is 12.3 Å². The number of fused-ring (bicyclic) bond motifs is 1. The van der Waals surface area contributed by atoms with Gasteiger partial charge in [-0.05, 0) is 67.9 Å². The number of carbonyl (C=O) groups excluding carboxylic acids is 2. The Labute approximate surface area is 208 Å². The molecule has 2 aliphatic heterocycles. The van der Waals surface area contributed by atoms with Gasteiger partial charge in [-0.15, -0.1) is 0 Å². The lowest BCUT2D eigenvalue weighted by molar-refractivity contribution is -0.137. The summed E-state index contributed by atoms with van der Waals surface area (Å²) in [7, 11) is 0. The Morgan fingerprint density at radius 1 is 1.06 bits per heavy atom. The first kappa shape index (κ1) is 23.9. The number of ether oxygens (including phenoxy) is 2. The second-order valence-electron chi connectivity index (χ2n) is 10.2. The quantitative estimate of drug-likeness (QED) is 0.646. The molecule has 2 fully saturated rings. The Morgan fingerprint density at radius 3 is 2.60 bits per heavy atom. The van der Waals surface area contributed by atoms with Crippen LogP contribution >= 0.6 is 0 Å². The van der Waals surface area contributed by atoms with Gasteiger partial charge in [0.2, 0.25) is 5.91 Å². The third kappa shape index (κ3) is 5.53. The van der Waals surface area contributed by atoms with Crippen LogP contribution in [0, 0.1) is 12.8 Å². The number of aryl methyl sites for hydroxylation is 1. The van der Waals surface area contributed by atoms with Crippen molar-refractivity contribution in [2.75, 3.05) is 26.3 Å². The molecule has 0 bridgehead atoms. The highest BCUT2D eigenvalue weighted by Crippen LogP contribution is 2.39. The van der Waals surface area contributed by atoms with Crippen LogP contribution in [0.25, 0.3) is 0 Å². The van der Waals surface area contributed by atoms with E-state index in [1.807, 2.05) is 12.1 Å². The molecule has 186 valence electrons. The Kier molecular flexibility index (Phi) is 7.37. The van der Waals surface area contributed by atoms with Crippen molar-refractivity contribution in [2.45, 2.75) is 64.0 Å². The average molecular weight is 477 g/mol. The first-order chi connectivity index (χ1) is 17.1. The summed E-state index contributed by atoms with van der Waals surface area (Å²) < 4.78 is 11.5. The van der Waals surface area contributed by atoms with E-state index in [9.17, 15) is 9.59 Å². The summed E-state index contributed by atoms with van der Waals surface area (Å²) in [5.74, 6) is 0.921. The lowest BCUT2D eigenvalue weighted by atomic mass is 9.86. The smallest absolute Gasteiger partial charge is 0.258 e. The highest BCUT2D eigenvalue weighted by Gasteiger charge is 2.36. The zero-order valence-corrected chi connectivity index (χ0v) is 20.6. The Morgan fingerprint density at radius 2 is 1.86 bits per heavy atom. The van der Waals surface area contributed by atoms with Gasteiger partial charge in [0, 0.05) is 25.6 Å². The van der Waals surface area contributed by atoms with Gasteiger partial charge in [0.15, 0.2) is 6.61 Å². The predicted octanol–water partition coefficient (Wildman–Crippen LogP) is 4.33. The highest BCUT2D eigenvalue weighted by molar-refractivity contribution is 5.80. The zero-order valence-electron chi connectivity index (χ0n) is 20.6. The van der Waals surface area contributed by atoms with Crippen LogP contribution in [-0.4, -0.2) is 49.1 Å². The van der Waals surface area contributed by atoms with Gasteiger partial charge in [-0.2, -0.15) is 0 Å². The number of nitrogens with one attached hydrogen (secondary N) is 1. The maximum atomic E-state index is 13.6. The standard InChI is InChI=1S/C29H36N2O4/c1-20-8-10-22(11-9-20)28-26-17-24(35-19-27(32)30-18-25-7-4-16-34-25)13-12-21(26)14-15-31(28)29(33)23-5-2-3-6-23/h8-13,17,23,25,28H,2-7,14-16,18-19H2,1H3,(H,30,32)/t25-,28-/m1/s1. The van der Waals surface area contributed by atoms with Gasteiger partial charge in [-0.1, -0.05) is 48.7 Å². The average Bonchev–Trinajstić information content (AvgIpc) is 3.60. The first-order valence-corrected chi connectivity index (χ1v) is 13.1. The number of nitrogens with zero attached hydrogens (tertiary/aromatic N) is 1. The van der Waals surface area contributed by atoms with E-state index in [-0.39, 0.29) is 36.5 Å². The highest BCUT2D eigenvalue weighted by atomic mass is 16.5. The van der Waals surface area contributed by atoms with Crippen molar-refractivity contribution in [3.8, 4) is 5.75 Å². The van der Waals surface area contributed by atoms with E-state index in [0.717, 1.165) is 69.2 Å². The molecule has 6 heteroatoms. The number of rotatable bonds is 7. The molecule has 0 aromatic heterocycles. The van der Waals surface area contributed by atoms with Crippen LogP contribution in [0.15, 0.2) is 42.5 Å². The summed E-state index contributed by atoms with van der Waals surface area (Å²) in [5.41, 5.74) is 4.66. The van der Waals surface area contributed by atoms with Crippen molar-refractivity contribution in [2.24, 2.45) is 5.92 Å². The molecular formula is C29H36N2O4. The molecule has 5 rings (SSSR count). The molecule has 0 radical (unpaired) electrons. The van der Waals surface area contributed by atoms with Crippen LogP contribution in [0.3, 0.4) is 0 Å². The molecule has 3 aliphatic rings. The molecule has 0 spiro atoms. The molecular weight excluding hydrogens is 440 g/mol. The van der Waals surface area contributed by atoms with E-state index in [1.165, 1.54) is 11.1 Å². The van der Waals surface area contributed by atoms with E-state index in [2.05, 4.69) is 47.5 Å². The second-order valence-corrected chi connectivity index (χ2v) is 10.2. The minimum atomic E-state index is -0.147. The van der Waals surface area contributed by atoms with E-state index in [4.69, 9.17) is 9.47 Å². The van der Waals surface area contributed by atoms with Crippen LogP contribution in [0.2, 0.25) is 0 Å². The second kappa shape index (κ2) is 10.8. The van der Waals surface area contributed by atoms with Crippen LogP contribution in [-0.2, 0) is 20.7 Å². The Hall–Kier alpha value is -2.86. The van der Waals surface area contributed by atoms with Gasteiger partial charge in [0.25, 0.3) is 5.91 Å². The lowest BCUT2D eigenvalue weighted by Gasteiger charge is -2.39. The number of hydrogen-bond acceptors (Lipinski definition) is 4. The molecule has 2 heterocycles. The number of carbonyl (C=O) groups is 2. The van der Waals surface area contributed by atoms with Gasteiger partial charge in [-0.25, -0.2) is 0 Å². The third-order valence-electron chi connectivity index (χ3n) is 7.65. The summed E-state index contributed by atoms with van der Waals surface area (Å²) in [6, 6.07) is 14.4. The fourth-order valence-corrected chi connectivity index (χ4v) is 5.67. The topological polar surface area (TPSA) is 67.9 Å². The minimum absolute atomic E-state index is 0.0363. The molecule has 1 aliphatic carbocycles. The summed E-state index contributed by atoms with van der Waals surface area (Å²) in [5, 5.41) is 2.91. The van der Waals surface area contributed by atoms with Crippen molar-refractivity contribution in [1.29, 1.82) is 0 Å². The van der Waals surface area contributed by atoms with Gasteiger partial charge >= 0.3 is 0 Å². The Balaban J connectivity index is 1.34. The monoisotopic (exact) mass is 476 g/mol. The molecule has 2 amide bonds. The zero-order chi connectivity index (χ0) is 24.2. The summed E-state index contributed by atoms with van der Waals surface area (Å²) in [4.78, 5) is 28.0. The molecule has 6 nitrogen and oxygen atoms in total.